The van der Waals surface area contributed by atoms with Crippen molar-refractivity contribution in [2.75, 3.05) is 13.6 Å². The molecule has 1 unspecified atom stereocenters. The first-order chi connectivity index (χ1) is 6.56. The number of benzene rings is 1. The summed E-state index contributed by atoms with van der Waals surface area (Å²) in [7, 11) is 1.68. The summed E-state index contributed by atoms with van der Waals surface area (Å²) in [6.07, 6.45) is -0.884. The van der Waals surface area contributed by atoms with Gasteiger partial charge in [-0.3, -0.25) is 0 Å². The molecule has 0 fully saturated rings. The molecule has 0 heterocycles. The van der Waals surface area contributed by atoms with E-state index < -0.39 is 11.9 Å². The lowest BCUT2D eigenvalue weighted by molar-refractivity contribution is 0.173. The summed E-state index contributed by atoms with van der Waals surface area (Å²) in [6.45, 7) is 0.287. The molecule has 0 saturated carbocycles. The average Bonchev–Trinajstić information content (AvgIpc) is 2.11. The van der Waals surface area contributed by atoms with Crippen LogP contribution in [0.5, 0.6) is 0 Å². The van der Waals surface area contributed by atoms with Crippen LogP contribution in [0.25, 0.3) is 0 Å². The van der Waals surface area contributed by atoms with E-state index in [0.717, 1.165) is 0 Å². The number of hydrogen-bond donors (Lipinski definition) is 2. The number of likely N-dealkylation sites (N-methyl/N-ethyl adjacent to an activating group) is 1. The summed E-state index contributed by atoms with van der Waals surface area (Å²) in [4.78, 5) is 0. The Kier molecular flexibility index (Phi) is 4.31. The van der Waals surface area contributed by atoms with Gasteiger partial charge in [-0.05, 0) is 35.1 Å². The van der Waals surface area contributed by atoms with E-state index in [9.17, 15) is 9.50 Å². The third-order valence-electron chi connectivity index (χ3n) is 1.80. The summed E-state index contributed by atoms with van der Waals surface area (Å²) in [5, 5.41) is 12.7. The van der Waals surface area contributed by atoms with Crippen molar-refractivity contribution in [2.45, 2.75) is 6.10 Å². The normalized spacial score (nSPS) is 12.9. The van der Waals surface area contributed by atoms with E-state index >= 15 is 0 Å². The fourth-order valence-electron chi connectivity index (χ4n) is 1.10. The van der Waals surface area contributed by atoms with Crippen molar-refractivity contribution in [3.05, 3.63) is 33.0 Å². The van der Waals surface area contributed by atoms with Crippen LogP contribution in [0.3, 0.4) is 0 Å². The highest BCUT2D eigenvalue weighted by atomic mass is 79.9. The lowest BCUT2D eigenvalue weighted by atomic mass is 10.1. The largest absolute Gasteiger partial charge is 0.387 e. The molecule has 0 radical (unpaired) electrons. The Balaban J connectivity index is 3.02. The van der Waals surface area contributed by atoms with Gasteiger partial charge >= 0.3 is 0 Å². The zero-order valence-electron chi connectivity index (χ0n) is 7.52. The lowest BCUT2D eigenvalue weighted by Crippen LogP contribution is -2.17. The molecule has 1 rings (SSSR count). The van der Waals surface area contributed by atoms with E-state index in [1.807, 2.05) is 0 Å². The van der Waals surface area contributed by atoms with Crippen molar-refractivity contribution in [2.24, 2.45) is 0 Å². The average molecular weight is 283 g/mol. The molecule has 0 spiro atoms. The van der Waals surface area contributed by atoms with E-state index in [1.54, 1.807) is 7.05 Å². The first-order valence-electron chi connectivity index (χ1n) is 4.03. The van der Waals surface area contributed by atoms with Gasteiger partial charge in [-0.15, -0.1) is 0 Å². The Morgan fingerprint density at radius 3 is 2.86 bits per heavy atom. The Morgan fingerprint density at radius 1 is 1.64 bits per heavy atom. The van der Waals surface area contributed by atoms with Crippen molar-refractivity contribution in [1.29, 1.82) is 0 Å². The smallest absolute Gasteiger partial charge is 0.130 e. The molecule has 0 amide bonds. The molecular weight excluding hydrogens is 272 g/mol. The van der Waals surface area contributed by atoms with Crippen molar-refractivity contribution < 1.29 is 9.50 Å². The van der Waals surface area contributed by atoms with Crippen LogP contribution in [0.2, 0.25) is 5.02 Å². The van der Waals surface area contributed by atoms with Gasteiger partial charge in [-0.1, -0.05) is 11.6 Å². The Labute approximate surface area is 95.2 Å². The number of aliphatic hydroxyl groups is 1. The number of halogens is 3. The maximum atomic E-state index is 13.3. The second-order valence-corrected chi connectivity index (χ2v) is 4.12. The van der Waals surface area contributed by atoms with E-state index in [2.05, 4.69) is 21.2 Å². The molecule has 78 valence electrons. The predicted molar refractivity (Wildman–Crippen MR) is 58.0 cm³/mol. The standard InChI is InChI=1S/C9H10BrClFNO/c1-13-4-9(14)5-2-7(11)6(10)3-8(5)12/h2-3,9,13-14H,4H2,1H3. The van der Waals surface area contributed by atoms with Gasteiger partial charge in [-0.2, -0.15) is 0 Å². The van der Waals surface area contributed by atoms with Gasteiger partial charge in [0.05, 0.1) is 11.1 Å². The zero-order chi connectivity index (χ0) is 10.7. The van der Waals surface area contributed by atoms with Gasteiger partial charge in [0.1, 0.15) is 5.82 Å². The van der Waals surface area contributed by atoms with Gasteiger partial charge in [0, 0.05) is 16.6 Å². The van der Waals surface area contributed by atoms with Crippen molar-refractivity contribution in [3.63, 3.8) is 0 Å². The SMILES string of the molecule is CNCC(O)c1cc(Cl)c(Br)cc1F. The minimum Gasteiger partial charge on any atom is -0.387 e. The number of aliphatic hydroxyl groups excluding tert-OH is 1. The number of rotatable bonds is 3. The van der Waals surface area contributed by atoms with Crippen LogP contribution in [0.15, 0.2) is 16.6 Å². The van der Waals surface area contributed by atoms with Crippen molar-refractivity contribution >= 4 is 27.5 Å². The molecular formula is C9H10BrClFNO. The minimum absolute atomic E-state index is 0.201. The van der Waals surface area contributed by atoms with Gasteiger partial charge in [-0.25, -0.2) is 4.39 Å². The molecule has 2 nitrogen and oxygen atoms in total. The van der Waals surface area contributed by atoms with Crippen LogP contribution < -0.4 is 5.32 Å². The molecule has 14 heavy (non-hydrogen) atoms. The molecule has 1 aromatic rings. The molecule has 0 aliphatic rings. The lowest BCUT2D eigenvalue weighted by Gasteiger charge is -2.12. The highest BCUT2D eigenvalue weighted by Gasteiger charge is 2.14. The number of hydrogen-bond acceptors (Lipinski definition) is 2. The molecule has 0 bridgehead atoms. The van der Waals surface area contributed by atoms with Crippen LogP contribution in [0, 0.1) is 5.82 Å². The van der Waals surface area contributed by atoms with E-state index in [4.69, 9.17) is 11.6 Å². The Bertz CT molecular complexity index is 335. The van der Waals surface area contributed by atoms with Crippen LogP contribution in [0.4, 0.5) is 4.39 Å². The maximum absolute atomic E-state index is 13.3. The fraction of sp³-hybridized carbons (Fsp3) is 0.333. The fourth-order valence-corrected chi connectivity index (χ4v) is 1.58. The first kappa shape index (κ1) is 11.9. The van der Waals surface area contributed by atoms with Crippen LogP contribution in [-0.4, -0.2) is 18.7 Å². The van der Waals surface area contributed by atoms with E-state index in [1.165, 1.54) is 12.1 Å². The van der Waals surface area contributed by atoms with Gasteiger partial charge in [0.15, 0.2) is 0 Å². The second-order valence-electron chi connectivity index (χ2n) is 2.86. The first-order valence-corrected chi connectivity index (χ1v) is 5.20. The summed E-state index contributed by atoms with van der Waals surface area (Å²) >= 11 is 8.88. The predicted octanol–water partition coefficient (Wildman–Crippen LogP) is 2.49. The molecule has 5 heteroatoms. The zero-order valence-corrected chi connectivity index (χ0v) is 9.86. The van der Waals surface area contributed by atoms with Gasteiger partial charge in [0.2, 0.25) is 0 Å². The summed E-state index contributed by atoms with van der Waals surface area (Å²) in [5.74, 6) is -0.468. The van der Waals surface area contributed by atoms with Gasteiger partial charge < -0.3 is 10.4 Å². The van der Waals surface area contributed by atoms with Crippen molar-refractivity contribution in [1.82, 2.24) is 5.32 Å². The summed E-state index contributed by atoms with van der Waals surface area (Å²) in [6, 6.07) is 2.67. The summed E-state index contributed by atoms with van der Waals surface area (Å²) < 4.78 is 13.8. The molecule has 2 N–H and O–H groups in total. The topological polar surface area (TPSA) is 32.3 Å². The van der Waals surface area contributed by atoms with Crippen LogP contribution in [0.1, 0.15) is 11.7 Å². The van der Waals surface area contributed by atoms with E-state index in [0.29, 0.717) is 9.50 Å². The molecule has 0 aliphatic carbocycles. The molecule has 1 atom stereocenters. The van der Waals surface area contributed by atoms with Crippen LogP contribution >= 0.6 is 27.5 Å². The summed E-state index contributed by atoms with van der Waals surface area (Å²) in [5.41, 5.74) is 0.201. The highest BCUT2D eigenvalue weighted by molar-refractivity contribution is 9.10. The third kappa shape index (κ3) is 2.67. The molecule has 0 aliphatic heterocycles. The Morgan fingerprint density at radius 2 is 2.29 bits per heavy atom. The van der Waals surface area contributed by atoms with Crippen LogP contribution in [-0.2, 0) is 0 Å². The molecule has 0 aromatic heterocycles. The number of nitrogens with one attached hydrogen (secondary N) is 1. The maximum Gasteiger partial charge on any atom is 0.130 e. The second kappa shape index (κ2) is 5.07. The van der Waals surface area contributed by atoms with Crippen molar-refractivity contribution in [3.8, 4) is 0 Å². The Hall–Kier alpha value is -0.160. The molecule has 0 saturated heterocycles. The third-order valence-corrected chi connectivity index (χ3v) is 2.99. The highest BCUT2D eigenvalue weighted by Crippen LogP contribution is 2.28. The monoisotopic (exact) mass is 281 g/mol. The molecule has 1 aromatic carbocycles. The minimum atomic E-state index is -0.884. The quantitative estimate of drug-likeness (QED) is 0.835. The van der Waals surface area contributed by atoms with Gasteiger partial charge in [0.25, 0.3) is 0 Å². The van der Waals surface area contributed by atoms with E-state index in [-0.39, 0.29) is 12.1 Å².